The first-order valence-electron chi connectivity index (χ1n) is 20.9. The molecule has 4 aromatic heterocycles. The lowest BCUT2D eigenvalue weighted by Gasteiger charge is -2.24. The molecule has 2 aliphatic rings. The smallest absolute Gasteiger partial charge is 0.255 e. The van der Waals surface area contributed by atoms with E-state index in [1.54, 1.807) is 6.07 Å². The molecule has 64 heavy (non-hydrogen) atoms. The molecular weight excluding hydrogens is 867 g/mol. The van der Waals surface area contributed by atoms with Gasteiger partial charge < -0.3 is 19.5 Å². The number of carbonyl (C=O) groups is 2. The number of nitrogens with zero attached hydrogens (tertiary/aromatic N) is 4. The Morgan fingerprint density at radius 2 is 1.16 bits per heavy atom. The summed E-state index contributed by atoms with van der Waals surface area (Å²) >= 11 is 0. The fourth-order valence-electron chi connectivity index (χ4n) is 8.12. The van der Waals surface area contributed by atoms with Gasteiger partial charge in [0.2, 0.25) is 31.5 Å². The van der Waals surface area contributed by atoms with Gasteiger partial charge in [0.05, 0.1) is 34.4 Å². The topological polar surface area (TPSA) is 185 Å². The van der Waals surface area contributed by atoms with Crippen molar-refractivity contribution < 1.29 is 44.0 Å². The highest BCUT2D eigenvalue weighted by atomic mass is 32.2. The third kappa shape index (κ3) is 9.38. The minimum atomic E-state index is -3.59. The number of carbonyl (C=O) groups excluding carboxylic acids is 2. The van der Waals surface area contributed by atoms with Crippen molar-refractivity contribution in [2.45, 2.75) is 64.7 Å². The SMILES string of the molecule is CNC(=O)c1c(-c2ccc(F)cc2)oc2nc3c(cc12)/C(C)=C/CCCCN3S(C)(=O)=O.CNC(=O)c1c(-c2ccc(F)cc2)oc2nc3c(cc12)C(C)CCCCCN3S(C)(=O)=O. The number of furan rings is 2. The van der Waals surface area contributed by atoms with Crippen LogP contribution in [0.3, 0.4) is 0 Å². The Kier molecular flexibility index (Phi) is 13.3. The third-order valence-corrected chi connectivity index (χ3v) is 13.8. The van der Waals surface area contributed by atoms with E-state index >= 15 is 0 Å². The Balaban J connectivity index is 0.000000191. The number of fused-ring (bicyclic) bond motifs is 4. The summed E-state index contributed by atoms with van der Waals surface area (Å²) in [5.41, 5.74) is 4.18. The van der Waals surface area contributed by atoms with Gasteiger partial charge in [-0.05, 0) is 117 Å². The predicted molar refractivity (Wildman–Crippen MR) is 244 cm³/mol. The van der Waals surface area contributed by atoms with Crippen molar-refractivity contribution in [3.05, 3.63) is 101 Å². The normalized spacial score (nSPS) is 16.9. The summed E-state index contributed by atoms with van der Waals surface area (Å²) in [6, 6.07) is 14.8. The van der Waals surface area contributed by atoms with Crippen LogP contribution in [0.4, 0.5) is 20.4 Å². The summed E-state index contributed by atoms with van der Waals surface area (Å²) < 4.78 is 91.9. The van der Waals surface area contributed by atoms with E-state index in [0.29, 0.717) is 58.4 Å². The molecule has 6 aromatic rings. The second-order valence-electron chi connectivity index (χ2n) is 16.1. The van der Waals surface area contributed by atoms with Crippen LogP contribution in [0.2, 0.25) is 0 Å². The Hall–Kier alpha value is -6.14. The van der Waals surface area contributed by atoms with Gasteiger partial charge in [-0.1, -0.05) is 25.8 Å². The third-order valence-electron chi connectivity index (χ3n) is 11.5. The van der Waals surface area contributed by atoms with Gasteiger partial charge in [-0.15, -0.1) is 0 Å². The lowest BCUT2D eigenvalue weighted by atomic mass is 9.94. The predicted octanol–water partition coefficient (Wildman–Crippen LogP) is 8.78. The van der Waals surface area contributed by atoms with Crippen LogP contribution < -0.4 is 19.2 Å². The van der Waals surface area contributed by atoms with Gasteiger partial charge in [-0.3, -0.25) is 18.2 Å². The van der Waals surface area contributed by atoms with Gasteiger partial charge in [0.15, 0.2) is 5.82 Å². The molecular formula is C46H50F2N6O8S2. The Morgan fingerprint density at radius 3 is 1.66 bits per heavy atom. The van der Waals surface area contributed by atoms with E-state index in [1.165, 1.54) is 77.5 Å². The Morgan fingerprint density at radius 1 is 0.688 bits per heavy atom. The largest absolute Gasteiger partial charge is 0.437 e. The zero-order valence-electron chi connectivity index (χ0n) is 36.4. The van der Waals surface area contributed by atoms with Gasteiger partial charge in [-0.25, -0.2) is 25.6 Å². The highest BCUT2D eigenvalue weighted by Crippen LogP contribution is 2.41. The number of pyridine rings is 2. The molecule has 8 rings (SSSR count). The molecule has 0 radical (unpaired) electrons. The van der Waals surface area contributed by atoms with Crippen molar-refractivity contribution in [3.63, 3.8) is 0 Å². The molecule has 6 heterocycles. The first-order chi connectivity index (χ1) is 30.4. The molecule has 0 saturated heterocycles. The number of sulfonamides is 2. The molecule has 0 saturated carbocycles. The lowest BCUT2D eigenvalue weighted by Crippen LogP contribution is -2.32. The summed E-state index contributed by atoms with van der Waals surface area (Å²) in [5, 5.41) is 6.21. The molecule has 14 nitrogen and oxygen atoms in total. The van der Waals surface area contributed by atoms with E-state index in [9.17, 15) is 35.2 Å². The van der Waals surface area contributed by atoms with Crippen LogP contribution in [0.25, 0.3) is 50.4 Å². The molecule has 0 bridgehead atoms. The van der Waals surface area contributed by atoms with Crippen molar-refractivity contribution in [2.24, 2.45) is 0 Å². The number of rotatable bonds is 6. The lowest BCUT2D eigenvalue weighted by molar-refractivity contribution is 0.0956. The number of hydrogen-bond donors (Lipinski definition) is 2. The van der Waals surface area contributed by atoms with Crippen LogP contribution in [-0.2, 0) is 20.0 Å². The van der Waals surface area contributed by atoms with Gasteiger partial charge >= 0.3 is 0 Å². The highest BCUT2D eigenvalue weighted by Gasteiger charge is 2.31. The highest BCUT2D eigenvalue weighted by molar-refractivity contribution is 7.92. The van der Waals surface area contributed by atoms with Crippen LogP contribution in [0.15, 0.2) is 75.6 Å². The standard InChI is InChI=1S/C23H26FN3O4S.C23H24FN3O4S/c2*1-14-7-5-4-6-12-27(32(3,29)30)21-17(14)13-18-19(22(28)25-2)20(31-23(18)26-21)15-8-10-16(24)11-9-15/h8-11,13-14H,4-7,12H2,1-3H3,(H,25,28);7-11,13H,4-6,12H2,1-3H3,(H,25,28)/b;14-7+. The van der Waals surface area contributed by atoms with Gasteiger partial charge in [-0.2, -0.15) is 9.97 Å². The van der Waals surface area contributed by atoms with E-state index in [4.69, 9.17) is 8.83 Å². The number of hydrogen-bond acceptors (Lipinski definition) is 10. The molecule has 18 heteroatoms. The number of aromatic nitrogens is 2. The van der Waals surface area contributed by atoms with E-state index in [2.05, 4.69) is 26.7 Å². The van der Waals surface area contributed by atoms with E-state index in [0.717, 1.165) is 55.9 Å². The first-order valence-corrected chi connectivity index (χ1v) is 24.6. The maximum Gasteiger partial charge on any atom is 0.255 e. The molecule has 338 valence electrons. The van der Waals surface area contributed by atoms with Crippen LogP contribution in [0.1, 0.15) is 96.6 Å². The second kappa shape index (κ2) is 18.5. The summed E-state index contributed by atoms with van der Waals surface area (Å²) in [7, 11) is -4.11. The number of anilines is 2. The maximum atomic E-state index is 13.5. The van der Waals surface area contributed by atoms with Gasteiger partial charge in [0.1, 0.15) is 29.0 Å². The number of nitrogens with one attached hydrogen (secondary N) is 2. The second-order valence-corrected chi connectivity index (χ2v) is 19.9. The molecule has 0 spiro atoms. The molecule has 0 aliphatic carbocycles. The summed E-state index contributed by atoms with van der Waals surface area (Å²) in [6.07, 6.45) is 10.3. The maximum absolute atomic E-state index is 13.5. The monoisotopic (exact) mass is 916 g/mol. The number of allylic oxidation sites excluding steroid dienone is 2. The van der Waals surface area contributed by atoms with Crippen molar-refractivity contribution in [1.29, 1.82) is 0 Å². The Bertz CT molecular complexity index is 3000. The molecule has 2 aliphatic heterocycles. The summed E-state index contributed by atoms with van der Waals surface area (Å²) in [6.45, 7) is 4.58. The van der Waals surface area contributed by atoms with Crippen LogP contribution in [-0.4, -0.2) is 78.3 Å². The van der Waals surface area contributed by atoms with E-state index in [1.807, 2.05) is 19.9 Å². The number of benzene rings is 2. The number of amides is 2. The fourth-order valence-corrected chi connectivity index (χ4v) is 9.96. The minimum Gasteiger partial charge on any atom is -0.437 e. The molecule has 2 N–H and O–H groups in total. The summed E-state index contributed by atoms with van der Waals surface area (Å²) in [4.78, 5) is 34.8. The zero-order valence-corrected chi connectivity index (χ0v) is 38.1. The van der Waals surface area contributed by atoms with E-state index in [-0.39, 0.29) is 52.1 Å². The zero-order chi connectivity index (χ0) is 46.1. The quantitative estimate of drug-likeness (QED) is 0.164. The minimum absolute atomic E-state index is 0.0472. The average molecular weight is 917 g/mol. The van der Waals surface area contributed by atoms with Crippen LogP contribution in [0.5, 0.6) is 0 Å². The van der Waals surface area contributed by atoms with Crippen molar-refractivity contribution in [1.82, 2.24) is 20.6 Å². The van der Waals surface area contributed by atoms with Gasteiger partial charge in [0, 0.05) is 43.9 Å². The number of halogens is 2. The molecule has 1 unspecified atom stereocenters. The van der Waals surface area contributed by atoms with Crippen molar-refractivity contribution in [3.8, 4) is 22.6 Å². The van der Waals surface area contributed by atoms with Crippen molar-refractivity contribution in [2.75, 3.05) is 48.3 Å². The molecule has 1 atom stereocenters. The molecule has 2 amide bonds. The molecule has 0 fully saturated rings. The van der Waals surface area contributed by atoms with E-state index < -0.39 is 31.7 Å². The average Bonchev–Trinajstić information content (AvgIpc) is 3.85. The van der Waals surface area contributed by atoms with Crippen LogP contribution >= 0.6 is 0 Å². The fraction of sp³-hybridized carbons (Fsp3) is 0.348. The first kappa shape index (κ1) is 45.9. The van der Waals surface area contributed by atoms with Crippen molar-refractivity contribution >= 4 is 71.3 Å². The van der Waals surface area contributed by atoms with Gasteiger partial charge in [0.25, 0.3) is 11.8 Å². The molecule has 2 aromatic carbocycles. The summed E-state index contributed by atoms with van der Waals surface area (Å²) in [5.74, 6) is -0.374. The van der Waals surface area contributed by atoms with Crippen LogP contribution in [0, 0.1) is 11.6 Å². The Labute approximate surface area is 370 Å².